The standard InChI is InChI=1S/C13H13BrF2N2O/c14-6-3-9(15)12(10(16)4-6)18-13(19)8-5-7-1-2-11(8)17-7/h3-4,7-8,11,17H,1-2,5H2,(H,18,19). The summed E-state index contributed by atoms with van der Waals surface area (Å²) in [7, 11) is 0. The van der Waals surface area contributed by atoms with E-state index < -0.39 is 11.6 Å². The van der Waals surface area contributed by atoms with Gasteiger partial charge in [-0.3, -0.25) is 4.79 Å². The van der Waals surface area contributed by atoms with Crippen molar-refractivity contribution in [2.24, 2.45) is 5.92 Å². The Kier molecular flexibility index (Phi) is 3.30. The van der Waals surface area contributed by atoms with E-state index in [2.05, 4.69) is 26.6 Å². The minimum atomic E-state index is -0.767. The van der Waals surface area contributed by atoms with Crippen LogP contribution >= 0.6 is 15.9 Å². The number of fused-ring (bicyclic) bond motifs is 2. The third kappa shape index (κ3) is 2.39. The Hall–Kier alpha value is -1.01. The summed E-state index contributed by atoms with van der Waals surface area (Å²) in [6, 6.07) is 2.79. The number of hydrogen-bond acceptors (Lipinski definition) is 2. The molecule has 6 heteroatoms. The van der Waals surface area contributed by atoms with E-state index in [1.807, 2.05) is 0 Å². The molecule has 2 saturated heterocycles. The zero-order chi connectivity index (χ0) is 13.6. The highest BCUT2D eigenvalue weighted by molar-refractivity contribution is 9.10. The second-order valence-electron chi connectivity index (χ2n) is 5.12. The van der Waals surface area contributed by atoms with Crippen molar-refractivity contribution in [3.05, 3.63) is 28.2 Å². The van der Waals surface area contributed by atoms with Crippen LogP contribution in [0.5, 0.6) is 0 Å². The molecular weight excluding hydrogens is 318 g/mol. The van der Waals surface area contributed by atoms with Crippen LogP contribution in [0.2, 0.25) is 0 Å². The van der Waals surface area contributed by atoms with Crippen LogP contribution < -0.4 is 10.6 Å². The van der Waals surface area contributed by atoms with Gasteiger partial charge in [-0.25, -0.2) is 8.78 Å². The number of halogens is 3. The Morgan fingerprint density at radius 1 is 1.32 bits per heavy atom. The molecule has 1 amide bonds. The first-order valence-electron chi connectivity index (χ1n) is 6.26. The first-order valence-corrected chi connectivity index (χ1v) is 7.05. The molecule has 1 aromatic carbocycles. The van der Waals surface area contributed by atoms with Crippen molar-refractivity contribution >= 4 is 27.5 Å². The van der Waals surface area contributed by atoms with E-state index in [-0.39, 0.29) is 23.6 Å². The van der Waals surface area contributed by atoms with Gasteiger partial charge in [-0.15, -0.1) is 0 Å². The van der Waals surface area contributed by atoms with Crippen molar-refractivity contribution in [1.29, 1.82) is 0 Å². The van der Waals surface area contributed by atoms with Gasteiger partial charge in [-0.05, 0) is 31.4 Å². The smallest absolute Gasteiger partial charge is 0.229 e. The number of benzene rings is 1. The Bertz CT molecular complexity index is 514. The quantitative estimate of drug-likeness (QED) is 0.875. The molecule has 3 unspecified atom stereocenters. The molecule has 2 heterocycles. The fourth-order valence-electron chi connectivity index (χ4n) is 2.99. The molecule has 19 heavy (non-hydrogen) atoms. The number of nitrogens with one attached hydrogen (secondary N) is 2. The van der Waals surface area contributed by atoms with Gasteiger partial charge >= 0.3 is 0 Å². The summed E-state index contributed by atoms with van der Waals surface area (Å²) in [6.07, 6.45) is 2.78. The average molecular weight is 331 g/mol. The third-order valence-corrected chi connectivity index (χ3v) is 4.35. The van der Waals surface area contributed by atoms with Gasteiger partial charge < -0.3 is 10.6 Å². The number of amides is 1. The second-order valence-corrected chi connectivity index (χ2v) is 6.04. The molecule has 3 atom stereocenters. The van der Waals surface area contributed by atoms with Crippen LogP contribution in [-0.4, -0.2) is 18.0 Å². The number of anilines is 1. The summed E-state index contributed by atoms with van der Waals surface area (Å²) in [6.45, 7) is 0. The number of carbonyl (C=O) groups is 1. The van der Waals surface area contributed by atoms with Gasteiger partial charge in [-0.1, -0.05) is 15.9 Å². The lowest BCUT2D eigenvalue weighted by molar-refractivity contribution is -0.120. The molecule has 3 rings (SSSR count). The first-order chi connectivity index (χ1) is 9.04. The Morgan fingerprint density at radius 2 is 2.00 bits per heavy atom. The predicted molar refractivity (Wildman–Crippen MR) is 70.7 cm³/mol. The van der Waals surface area contributed by atoms with Crippen LogP contribution in [-0.2, 0) is 4.79 Å². The first kappa shape index (κ1) is 13.0. The molecule has 0 radical (unpaired) electrons. The third-order valence-electron chi connectivity index (χ3n) is 3.89. The van der Waals surface area contributed by atoms with Crippen LogP contribution in [0.25, 0.3) is 0 Å². The minimum Gasteiger partial charge on any atom is -0.321 e. The predicted octanol–water partition coefficient (Wildman–Crippen LogP) is 2.81. The summed E-state index contributed by atoms with van der Waals surface area (Å²) < 4.78 is 27.6. The van der Waals surface area contributed by atoms with Gasteiger partial charge in [0.1, 0.15) is 5.69 Å². The van der Waals surface area contributed by atoms with E-state index in [1.165, 1.54) is 0 Å². The van der Waals surface area contributed by atoms with Crippen molar-refractivity contribution in [3.63, 3.8) is 0 Å². The molecular formula is C13H13BrF2N2O. The highest BCUT2D eigenvalue weighted by Crippen LogP contribution is 2.34. The molecule has 102 valence electrons. The van der Waals surface area contributed by atoms with Crippen LogP contribution in [0.4, 0.5) is 14.5 Å². The van der Waals surface area contributed by atoms with E-state index in [0.717, 1.165) is 31.4 Å². The van der Waals surface area contributed by atoms with Gasteiger partial charge in [-0.2, -0.15) is 0 Å². The van der Waals surface area contributed by atoms with Gasteiger partial charge in [0.2, 0.25) is 5.91 Å². The van der Waals surface area contributed by atoms with Gasteiger partial charge in [0.05, 0.1) is 5.92 Å². The van der Waals surface area contributed by atoms with Crippen molar-refractivity contribution in [2.75, 3.05) is 5.32 Å². The average Bonchev–Trinajstić information content (AvgIpc) is 2.95. The van der Waals surface area contributed by atoms with Crippen molar-refractivity contribution in [3.8, 4) is 0 Å². The SMILES string of the molecule is O=C(Nc1c(F)cc(Br)cc1F)C1CC2CCC1N2. The lowest BCUT2D eigenvalue weighted by atomic mass is 9.88. The fourth-order valence-corrected chi connectivity index (χ4v) is 3.39. The van der Waals surface area contributed by atoms with E-state index in [0.29, 0.717) is 10.5 Å². The largest absolute Gasteiger partial charge is 0.321 e. The Balaban J connectivity index is 1.77. The van der Waals surface area contributed by atoms with Crippen LogP contribution in [0, 0.1) is 17.6 Å². The fraction of sp³-hybridized carbons (Fsp3) is 0.462. The Morgan fingerprint density at radius 3 is 2.53 bits per heavy atom. The summed E-state index contributed by atoms with van der Waals surface area (Å²) in [5.74, 6) is -2.03. The van der Waals surface area contributed by atoms with E-state index in [1.54, 1.807) is 0 Å². The van der Waals surface area contributed by atoms with E-state index in [4.69, 9.17) is 0 Å². The van der Waals surface area contributed by atoms with Crippen molar-refractivity contribution < 1.29 is 13.6 Å². The molecule has 2 aliphatic rings. The maximum Gasteiger partial charge on any atom is 0.229 e. The molecule has 0 saturated carbocycles. The summed E-state index contributed by atoms with van der Waals surface area (Å²) in [5, 5.41) is 5.71. The van der Waals surface area contributed by atoms with Gasteiger partial charge in [0.25, 0.3) is 0 Å². The molecule has 0 spiro atoms. The highest BCUT2D eigenvalue weighted by Gasteiger charge is 2.42. The van der Waals surface area contributed by atoms with Crippen LogP contribution in [0.1, 0.15) is 19.3 Å². The zero-order valence-electron chi connectivity index (χ0n) is 10.1. The molecule has 2 fully saturated rings. The molecule has 2 N–H and O–H groups in total. The van der Waals surface area contributed by atoms with Crippen LogP contribution in [0.3, 0.4) is 0 Å². The monoisotopic (exact) mass is 330 g/mol. The second kappa shape index (κ2) is 4.83. The molecule has 2 aliphatic heterocycles. The van der Waals surface area contributed by atoms with Crippen LogP contribution in [0.15, 0.2) is 16.6 Å². The molecule has 3 nitrogen and oxygen atoms in total. The number of carbonyl (C=O) groups excluding carboxylic acids is 1. The minimum absolute atomic E-state index is 0.145. The van der Waals surface area contributed by atoms with E-state index >= 15 is 0 Å². The number of rotatable bonds is 2. The van der Waals surface area contributed by atoms with E-state index in [9.17, 15) is 13.6 Å². The Labute approximate surface area is 117 Å². The zero-order valence-corrected chi connectivity index (χ0v) is 11.6. The lowest BCUT2D eigenvalue weighted by Gasteiger charge is -2.19. The molecule has 0 aromatic heterocycles. The summed E-state index contributed by atoms with van der Waals surface area (Å²) >= 11 is 3.00. The topological polar surface area (TPSA) is 41.1 Å². The number of hydrogen-bond donors (Lipinski definition) is 2. The lowest BCUT2D eigenvalue weighted by Crippen LogP contribution is -2.33. The maximum atomic E-state index is 13.6. The molecule has 1 aromatic rings. The summed E-state index contributed by atoms with van der Waals surface area (Å²) in [4.78, 5) is 12.1. The normalized spacial score (nSPS) is 28.7. The molecule has 0 aliphatic carbocycles. The highest BCUT2D eigenvalue weighted by atomic mass is 79.9. The van der Waals surface area contributed by atoms with Gasteiger partial charge in [0, 0.05) is 16.6 Å². The van der Waals surface area contributed by atoms with Crippen molar-refractivity contribution in [2.45, 2.75) is 31.3 Å². The van der Waals surface area contributed by atoms with Crippen molar-refractivity contribution in [1.82, 2.24) is 5.32 Å². The van der Waals surface area contributed by atoms with Gasteiger partial charge in [0.15, 0.2) is 11.6 Å². The molecule has 2 bridgehead atoms. The summed E-state index contributed by atoms with van der Waals surface area (Å²) in [5.41, 5.74) is -0.365. The maximum absolute atomic E-state index is 13.6.